The Morgan fingerprint density at radius 1 is 1.08 bits per heavy atom. The molecule has 0 saturated carbocycles. The summed E-state index contributed by atoms with van der Waals surface area (Å²) in [7, 11) is 4.18. The minimum Gasteiger partial charge on any atom is -0.494 e. The van der Waals surface area contributed by atoms with E-state index in [9.17, 15) is 5.11 Å². The number of hydrogen-bond acceptors (Lipinski definition) is 8. The van der Waals surface area contributed by atoms with Crippen LogP contribution in [-0.4, -0.2) is 74.8 Å². The number of fused-ring (bicyclic) bond motifs is 2. The topological polar surface area (TPSA) is 110 Å². The first-order valence-corrected chi connectivity index (χ1v) is 12.1. The highest BCUT2D eigenvalue weighted by molar-refractivity contribution is 5.91. The molecule has 10 heteroatoms. The molecule has 0 bridgehead atoms. The summed E-state index contributed by atoms with van der Waals surface area (Å²) < 4.78 is 1.79. The SMILES string of the molecule is CN(C)Cc1cc(Nc2ncc(-c3ccc4c(O)[nH]cc4c3)n3ncnc23)ccc1N1CCNCC1. The Labute approximate surface area is 208 Å². The highest BCUT2D eigenvalue weighted by atomic mass is 16.3. The molecule has 1 aliphatic heterocycles. The quantitative estimate of drug-likeness (QED) is 0.292. The summed E-state index contributed by atoms with van der Waals surface area (Å²) in [6.07, 6.45) is 5.12. The summed E-state index contributed by atoms with van der Waals surface area (Å²) >= 11 is 0. The maximum absolute atomic E-state index is 9.93. The Balaban J connectivity index is 1.34. The van der Waals surface area contributed by atoms with Crippen LogP contribution in [0.4, 0.5) is 17.2 Å². The van der Waals surface area contributed by atoms with Gasteiger partial charge < -0.3 is 30.5 Å². The van der Waals surface area contributed by atoms with E-state index in [0.29, 0.717) is 11.5 Å². The predicted molar refractivity (Wildman–Crippen MR) is 142 cm³/mol. The molecule has 0 radical (unpaired) electrons. The largest absolute Gasteiger partial charge is 0.494 e. The molecule has 4 N–H and O–H groups in total. The molecular formula is C26H29N9O. The number of hydrogen-bond donors (Lipinski definition) is 4. The number of nitrogens with zero attached hydrogens (tertiary/aromatic N) is 6. The summed E-state index contributed by atoms with van der Waals surface area (Å²) in [5.74, 6) is 0.805. The van der Waals surface area contributed by atoms with Crippen LogP contribution < -0.4 is 15.5 Å². The van der Waals surface area contributed by atoms with Crippen LogP contribution in [0.2, 0.25) is 0 Å². The third-order valence-corrected chi connectivity index (χ3v) is 6.56. The van der Waals surface area contributed by atoms with Crippen molar-refractivity contribution in [2.45, 2.75) is 6.54 Å². The van der Waals surface area contributed by atoms with Gasteiger partial charge in [0, 0.05) is 66.6 Å². The predicted octanol–water partition coefficient (Wildman–Crippen LogP) is 3.19. The third kappa shape index (κ3) is 4.10. The Morgan fingerprint density at radius 3 is 2.78 bits per heavy atom. The number of aromatic hydroxyl groups is 1. The van der Waals surface area contributed by atoms with Crippen molar-refractivity contribution in [2.75, 3.05) is 50.5 Å². The summed E-state index contributed by atoms with van der Waals surface area (Å²) in [6, 6.07) is 12.3. The van der Waals surface area contributed by atoms with Gasteiger partial charge >= 0.3 is 0 Å². The van der Waals surface area contributed by atoms with E-state index in [1.54, 1.807) is 16.9 Å². The maximum Gasteiger partial charge on any atom is 0.199 e. The Hall–Kier alpha value is -4.15. The van der Waals surface area contributed by atoms with E-state index in [0.717, 1.165) is 60.4 Å². The number of benzene rings is 2. The molecule has 6 rings (SSSR count). The molecule has 0 atom stereocenters. The second-order valence-corrected chi connectivity index (χ2v) is 9.37. The molecule has 1 fully saturated rings. The molecule has 2 aromatic carbocycles. The molecule has 184 valence electrons. The zero-order valence-corrected chi connectivity index (χ0v) is 20.4. The summed E-state index contributed by atoms with van der Waals surface area (Å²) in [6.45, 7) is 4.86. The summed E-state index contributed by atoms with van der Waals surface area (Å²) in [5, 5.41) is 23.0. The lowest BCUT2D eigenvalue weighted by Gasteiger charge is -2.32. The standard InChI is InChI=1S/C26H29N9O/c1-33(2)15-19-12-20(4-6-22(19)34-9-7-27-8-10-34)32-24-25-30-16-31-35(25)23(14-28-24)17-3-5-21-18(11-17)13-29-26(21)36/h3-6,11-14,16,27,29,36H,7-10,15H2,1-2H3,(H,28,32). The van der Waals surface area contributed by atoms with Crippen LogP contribution in [0, 0.1) is 0 Å². The molecule has 4 heterocycles. The number of piperazine rings is 1. The van der Waals surface area contributed by atoms with Gasteiger partial charge in [0.05, 0.1) is 11.9 Å². The minimum atomic E-state index is 0.164. The number of anilines is 3. The molecule has 0 spiro atoms. The summed E-state index contributed by atoms with van der Waals surface area (Å²) in [5.41, 5.74) is 5.90. The lowest BCUT2D eigenvalue weighted by molar-refractivity contribution is 0.402. The van der Waals surface area contributed by atoms with E-state index in [1.807, 2.05) is 18.2 Å². The molecule has 0 unspecified atom stereocenters. The van der Waals surface area contributed by atoms with Crippen molar-refractivity contribution in [2.24, 2.45) is 0 Å². The molecule has 0 amide bonds. The molecule has 0 aliphatic carbocycles. The van der Waals surface area contributed by atoms with Crippen LogP contribution in [0.1, 0.15) is 5.56 Å². The second kappa shape index (κ2) is 9.14. The van der Waals surface area contributed by atoms with Gasteiger partial charge in [0.2, 0.25) is 0 Å². The van der Waals surface area contributed by atoms with Crippen LogP contribution in [0.5, 0.6) is 5.88 Å². The minimum absolute atomic E-state index is 0.164. The molecule has 10 nitrogen and oxygen atoms in total. The highest BCUT2D eigenvalue weighted by Gasteiger charge is 2.17. The van der Waals surface area contributed by atoms with Crippen molar-refractivity contribution < 1.29 is 5.11 Å². The normalized spacial score (nSPS) is 14.2. The van der Waals surface area contributed by atoms with Gasteiger partial charge in [-0.05, 0) is 50.0 Å². The molecule has 36 heavy (non-hydrogen) atoms. The zero-order valence-electron chi connectivity index (χ0n) is 20.4. The number of aromatic amines is 1. The molecular weight excluding hydrogens is 454 g/mol. The first-order chi connectivity index (χ1) is 17.6. The Morgan fingerprint density at radius 2 is 1.94 bits per heavy atom. The molecule has 5 aromatic rings. The number of rotatable bonds is 6. The van der Waals surface area contributed by atoms with E-state index >= 15 is 0 Å². The number of nitrogens with one attached hydrogen (secondary N) is 3. The van der Waals surface area contributed by atoms with Crippen LogP contribution >= 0.6 is 0 Å². The number of aromatic nitrogens is 5. The van der Waals surface area contributed by atoms with E-state index in [1.165, 1.54) is 17.6 Å². The van der Waals surface area contributed by atoms with Gasteiger partial charge in [-0.2, -0.15) is 5.10 Å². The van der Waals surface area contributed by atoms with Crippen LogP contribution in [-0.2, 0) is 6.54 Å². The van der Waals surface area contributed by atoms with E-state index in [4.69, 9.17) is 4.98 Å². The van der Waals surface area contributed by atoms with Crippen molar-refractivity contribution in [1.29, 1.82) is 0 Å². The average molecular weight is 484 g/mol. The van der Waals surface area contributed by atoms with Crippen LogP contribution in [0.15, 0.2) is 55.1 Å². The maximum atomic E-state index is 9.93. The zero-order chi connectivity index (χ0) is 24.6. The Kier molecular flexibility index (Phi) is 5.67. The average Bonchev–Trinajstić information content (AvgIpc) is 3.52. The van der Waals surface area contributed by atoms with Gasteiger partial charge in [0.15, 0.2) is 17.3 Å². The van der Waals surface area contributed by atoms with Crippen molar-refractivity contribution in [1.82, 2.24) is 34.8 Å². The highest BCUT2D eigenvalue weighted by Crippen LogP contribution is 2.31. The first kappa shape index (κ1) is 22.3. The van der Waals surface area contributed by atoms with E-state index < -0.39 is 0 Å². The van der Waals surface area contributed by atoms with Crippen LogP contribution in [0.3, 0.4) is 0 Å². The monoisotopic (exact) mass is 483 g/mol. The fraction of sp³-hybridized carbons (Fsp3) is 0.269. The smallest absolute Gasteiger partial charge is 0.199 e. The molecule has 1 aliphatic rings. The first-order valence-electron chi connectivity index (χ1n) is 12.1. The van der Waals surface area contributed by atoms with Gasteiger partial charge in [-0.1, -0.05) is 6.07 Å². The van der Waals surface area contributed by atoms with Crippen LogP contribution in [0.25, 0.3) is 27.7 Å². The van der Waals surface area contributed by atoms with Gasteiger partial charge in [-0.15, -0.1) is 0 Å². The van der Waals surface area contributed by atoms with Crippen molar-refractivity contribution in [3.05, 3.63) is 60.7 Å². The van der Waals surface area contributed by atoms with E-state index in [-0.39, 0.29) is 5.88 Å². The lowest BCUT2D eigenvalue weighted by Crippen LogP contribution is -2.44. The van der Waals surface area contributed by atoms with Gasteiger partial charge in [-0.25, -0.2) is 14.5 Å². The second-order valence-electron chi connectivity index (χ2n) is 9.37. The third-order valence-electron chi connectivity index (χ3n) is 6.56. The van der Waals surface area contributed by atoms with Gasteiger partial charge in [-0.3, -0.25) is 0 Å². The molecule has 1 saturated heterocycles. The number of H-pyrrole nitrogens is 1. The molecule has 3 aromatic heterocycles. The van der Waals surface area contributed by atoms with Crippen molar-refractivity contribution in [3.8, 4) is 17.1 Å². The Bertz CT molecular complexity index is 1530. The van der Waals surface area contributed by atoms with Gasteiger partial charge in [0.1, 0.15) is 6.33 Å². The van der Waals surface area contributed by atoms with E-state index in [2.05, 4.69) is 67.8 Å². The van der Waals surface area contributed by atoms with Crippen molar-refractivity contribution >= 4 is 33.6 Å². The fourth-order valence-electron chi connectivity index (χ4n) is 4.86. The van der Waals surface area contributed by atoms with Gasteiger partial charge in [0.25, 0.3) is 0 Å². The van der Waals surface area contributed by atoms with Crippen molar-refractivity contribution in [3.63, 3.8) is 0 Å². The summed E-state index contributed by atoms with van der Waals surface area (Å²) in [4.78, 5) is 16.7. The lowest BCUT2D eigenvalue weighted by atomic mass is 10.1. The fourth-order valence-corrected chi connectivity index (χ4v) is 4.86.